The Kier molecular flexibility index (Phi) is 7.72. The fourth-order valence-corrected chi connectivity index (χ4v) is 3.05. The summed E-state index contributed by atoms with van der Waals surface area (Å²) in [7, 11) is 0. The van der Waals surface area contributed by atoms with Crippen LogP contribution in [0.5, 0.6) is 0 Å². The van der Waals surface area contributed by atoms with Crippen molar-refractivity contribution < 1.29 is 34.7 Å². The number of carbonyl (C=O) groups is 2. The second-order valence-corrected chi connectivity index (χ2v) is 8.19. The fourth-order valence-electron chi connectivity index (χ4n) is 3.05. The van der Waals surface area contributed by atoms with Gasteiger partial charge in [-0.15, -0.1) is 0 Å². The first-order valence-corrected chi connectivity index (χ1v) is 9.85. The third-order valence-corrected chi connectivity index (χ3v) is 4.50. The van der Waals surface area contributed by atoms with Crippen molar-refractivity contribution in [3.8, 4) is 0 Å². The largest absolute Gasteiger partial charge is 0.480 e. The Morgan fingerprint density at radius 3 is 2.30 bits per heavy atom. The lowest BCUT2D eigenvalue weighted by Crippen LogP contribution is -2.45. The number of benzene rings is 2. The molecule has 0 bridgehead atoms. The Morgan fingerprint density at radius 1 is 1.15 bits per heavy atom. The second-order valence-electron chi connectivity index (χ2n) is 8.19. The van der Waals surface area contributed by atoms with Crippen LogP contribution in [0.1, 0.15) is 37.5 Å². The number of nitrogens with one attached hydrogen (secondary N) is 1. The minimum atomic E-state index is -2.93. The molecule has 0 saturated carbocycles. The van der Waals surface area contributed by atoms with Crippen LogP contribution < -0.4 is 5.32 Å². The van der Waals surface area contributed by atoms with E-state index in [0.29, 0.717) is 0 Å². The maximum atomic E-state index is 12.0. The molecule has 2 atom stereocenters. The molecule has 33 heavy (non-hydrogen) atoms. The number of alkyl carbamates (subject to hydrolysis) is 1. The SMILES string of the molecule is CC(C)(C)OC(=O)N[C@@H](Cc1cccc(C(O)(C(=NO)c2ccccc2)[N+](=O)[O-])c1)C(=O)O. The number of amides is 1. The molecule has 0 aliphatic rings. The van der Waals surface area contributed by atoms with E-state index >= 15 is 0 Å². The molecule has 0 aliphatic carbocycles. The number of nitro groups is 1. The van der Waals surface area contributed by atoms with Crippen molar-refractivity contribution in [3.63, 3.8) is 0 Å². The standard InChI is InChI=1S/C22H25N3O8/c1-21(2,3)33-20(28)23-17(19(26)27)13-14-8-7-11-16(12-14)22(29,25(31)32)18(24-30)15-9-5-4-6-10-15/h4-12,17,29-30H,13H2,1-3H3,(H,23,28)(H,26,27)/t17-,22?/m0/s1. The topological polar surface area (TPSA) is 172 Å². The number of aliphatic carboxylic acids is 1. The van der Waals surface area contributed by atoms with Crippen LogP contribution in [0.4, 0.5) is 4.79 Å². The molecule has 2 aromatic carbocycles. The molecular weight excluding hydrogens is 434 g/mol. The van der Waals surface area contributed by atoms with Gasteiger partial charge in [-0.25, -0.2) is 9.59 Å². The van der Waals surface area contributed by atoms with Gasteiger partial charge in [0.15, 0.2) is 5.71 Å². The van der Waals surface area contributed by atoms with E-state index in [2.05, 4.69) is 10.5 Å². The number of nitrogens with zero attached hydrogens (tertiary/aromatic N) is 2. The van der Waals surface area contributed by atoms with Crippen molar-refractivity contribution >= 4 is 17.8 Å². The molecule has 11 heteroatoms. The molecule has 1 amide bonds. The number of aliphatic hydroxyl groups is 1. The Morgan fingerprint density at radius 2 is 1.79 bits per heavy atom. The lowest BCUT2D eigenvalue weighted by atomic mass is 9.91. The van der Waals surface area contributed by atoms with Crippen molar-refractivity contribution in [2.75, 3.05) is 0 Å². The zero-order valence-electron chi connectivity index (χ0n) is 18.3. The predicted octanol–water partition coefficient (Wildman–Crippen LogP) is 2.51. The molecule has 11 nitrogen and oxygen atoms in total. The van der Waals surface area contributed by atoms with Gasteiger partial charge < -0.3 is 25.5 Å². The summed E-state index contributed by atoms with van der Waals surface area (Å²) in [5, 5.41) is 47.1. The third-order valence-electron chi connectivity index (χ3n) is 4.50. The van der Waals surface area contributed by atoms with Crippen molar-refractivity contribution in [1.82, 2.24) is 5.32 Å². The third kappa shape index (κ3) is 6.26. The molecule has 0 spiro atoms. The van der Waals surface area contributed by atoms with E-state index < -0.39 is 40.1 Å². The average molecular weight is 459 g/mol. The van der Waals surface area contributed by atoms with E-state index in [1.165, 1.54) is 36.4 Å². The van der Waals surface area contributed by atoms with Gasteiger partial charge in [0.1, 0.15) is 11.6 Å². The summed E-state index contributed by atoms with van der Waals surface area (Å²) >= 11 is 0. The molecule has 2 aromatic rings. The Bertz CT molecular complexity index is 1050. The van der Waals surface area contributed by atoms with Gasteiger partial charge in [0, 0.05) is 12.0 Å². The summed E-state index contributed by atoms with van der Waals surface area (Å²) in [5.41, 5.74) is -4.27. The monoisotopic (exact) mass is 459 g/mol. The van der Waals surface area contributed by atoms with E-state index in [1.807, 2.05) is 0 Å². The number of carboxylic acid groups (broad SMARTS) is 1. The smallest absolute Gasteiger partial charge is 0.408 e. The molecule has 0 aliphatic heterocycles. The molecule has 4 N–H and O–H groups in total. The number of carbonyl (C=O) groups excluding carboxylic acids is 1. The molecule has 0 radical (unpaired) electrons. The number of carboxylic acids is 1. The number of hydrogen-bond donors (Lipinski definition) is 4. The summed E-state index contributed by atoms with van der Waals surface area (Å²) in [4.78, 5) is 34.5. The molecule has 2 rings (SSSR count). The zero-order chi connectivity index (χ0) is 24.8. The summed E-state index contributed by atoms with van der Waals surface area (Å²) in [6.07, 6.45) is -1.20. The van der Waals surface area contributed by atoms with Gasteiger partial charge in [-0.05, 0) is 38.5 Å². The summed E-state index contributed by atoms with van der Waals surface area (Å²) in [6, 6.07) is 11.5. The van der Waals surface area contributed by atoms with Gasteiger partial charge >= 0.3 is 17.8 Å². The molecule has 0 heterocycles. The highest BCUT2D eigenvalue weighted by Crippen LogP contribution is 2.28. The highest BCUT2D eigenvalue weighted by atomic mass is 16.7. The first-order chi connectivity index (χ1) is 15.4. The lowest BCUT2D eigenvalue weighted by Gasteiger charge is -2.23. The van der Waals surface area contributed by atoms with Gasteiger partial charge in [0.25, 0.3) is 0 Å². The van der Waals surface area contributed by atoms with Gasteiger partial charge in [-0.3, -0.25) is 10.1 Å². The number of oxime groups is 1. The summed E-state index contributed by atoms with van der Waals surface area (Å²) in [5.74, 6) is -1.35. The van der Waals surface area contributed by atoms with Crippen LogP contribution in [-0.2, 0) is 21.7 Å². The molecular formula is C22H25N3O8. The highest BCUT2D eigenvalue weighted by molar-refractivity contribution is 6.05. The van der Waals surface area contributed by atoms with Gasteiger partial charge in [-0.2, -0.15) is 0 Å². The first-order valence-electron chi connectivity index (χ1n) is 9.85. The number of ether oxygens (including phenoxy) is 1. The maximum absolute atomic E-state index is 12.0. The van der Waals surface area contributed by atoms with E-state index in [0.717, 1.165) is 0 Å². The number of rotatable bonds is 8. The normalized spacial score (nSPS) is 14.6. The van der Waals surface area contributed by atoms with Crippen LogP contribution >= 0.6 is 0 Å². The Balaban J connectivity index is 2.40. The van der Waals surface area contributed by atoms with Crippen LogP contribution in [0.25, 0.3) is 0 Å². The lowest BCUT2D eigenvalue weighted by molar-refractivity contribution is -0.609. The predicted molar refractivity (Wildman–Crippen MR) is 117 cm³/mol. The van der Waals surface area contributed by atoms with Gasteiger partial charge in [0.2, 0.25) is 0 Å². The summed E-state index contributed by atoms with van der Waals surface area (Å²) < 4.78 is 5.07. The van der Waals surface area contributed by atoms with Crippen LogP contribution in [0.3, 0.4) is 0 Å². The van der Waals surface area contributed by atoms with Gasteiger partial charge in [-0.1, -0.05) is 47.6 Å². The van der Waals surface area contributed by atoms with Crippen molar-refractivity contribution in [1.29, 1.82) is 0 Å². The highest BCUT2D eigenvalue weighted by Gasteiger charge is 2.50. The van der Waals surface area contributed by atoms with E-state index in [-0.39, 0.29) is 23.1 Å². The van der Waals surface area contributed by atoms with Crippen LogP contribution in [0, 0.1) is 10.1 Å². The molecule has 0 fully saturated rings. The molecule has 176 valence electrons. The van der Waals surface area contributed by atoms with Crippen molar-refractivity contribution in [2.24, 2.45) is 5.16 Å². The maximum Gasteiger partial charge on any atom is 0.408 e. The molecule has 0 aromatic heterocycles. The molecule has 1 unspecified atom stereocenters. The van der Waals surface area contributed by atoms with Crippen LogP contribution in [0.15, 0.2) is 59.8 Å². The average Bonchev–Trinajstić information content (AvgIpc) is 2.73. The fraction of sp³-hybridized carbons (Fsp3) is 0.318. The van der Waals surface area contributed by atoms with E-state index in [4.69, 9.17) is 4.74 Å². The van der Waals surface area contributed by atoms with Crippen LogP contribution in [0.2, 0.25) is 0 Å². The quantitative estimate of drug-likeness (QED) is 0.153. The summed E-state index contributed by atoms with van der Waals surface area (Å²) in [6.45, 7) is 4.87. The second kappa shape index (κ2) is 10.1. The van der Waals surface area contributed by atoms with Crippen molar-refractivity contribution in [2.45, 2.75) is 44.6 Å². The number of hydrogen-bond acceptors (Lipinski definition) is 8. The Hall–Kier alpha value is -3.99. The van der Waals surface area contributed by atoms with Crippen LogP contribution in [-0.4, -0.2) is 49.8 Å². The minimum Gasteiger partial charge on any atom is -0.480 e. The first kappa shape index (κ1) is 25.3. The minimum absolute atomic E-state index is 0.111. The van der Waals surface area contributed by atoms with E-state index in [9.17, 15) is 35.1 Å². The Labute approximate surface area is 189 Å². The van der Waals surface area contributed by atoms with Crippen molar-refractivity contribution in [3.05, 3.63) is 81.4 Å². The molecule has 0 saturated heterocycles. The van der Waals surface area contributed by atoms with Gasteiger partial charge in [0.05, 0.1) is 10.5 Å². The van der Waals surface area contributed by atoms with E-state index in [1.54, 1.807) is 39.0 Å². The zero-order valence-corrected chi connectivity index (χ0v) is 18.3.